The summed E-state index contributed by atoms with van der Waals surface area (Å²) in [5.41, 5.74) is 0.600. The van der Waals surface area contributed by atoms with Gasteiger partial charge in [-0.25, -0.2) is 4.98 Å². The number of ketones is 1. The van der Waals surface area contributed by atoms with E-state index in [0.29, 0.717) is 24.4 Å². The van der Waals surface area contributed by atoms with Crippen LogP contribution in [0.1, 0.15) is 42.4 Å². The van der Waals surface area contributed by atoms with Gasteiger partial charge >= 0.3 is 0 Å². The maximum atomic E-state index is 12.2. The van der Waals surface area contributed by atoms with Crippen LogP contribution in [0.2, 0.25) is 0 Å². The summed E-state index contributed by atoms with van der Waals surface area (Å²) < 4.78 is 5.10. The topological polar surface area (TPSA) is 63.4 Å². The van der Waals surface area contributed by atoms with Crippen LogP contribution in [0.15, 0.2) is 10.8 Å². The van der Waals surface area contributed by atoms with Crippen LogP contribution in [0.4, 0.5) is 0 Å². The average Bonchev–Trinajstić information content (AvgIpc) is 2.85. The van der Waals surface area contributed by atoms with Crippen molar-refractivity contribution in [1.82, 2.24) is 9.88 Å². The molecule has 1 aliphatic heterocycles. The number of hydrogen-bond donors (Lipinski definition) is 0. The van der Waals surface area contributed by atoms with Crippen molar-refractivity contribution in [3.8, 4) is 0 Å². The predicted octanol–water partition coefficient (Wildman–Crippen LogP) is 1.57. The first-order valence-corrected chi connectivity index (χ1v) is 5.80. The number of aromatic nitrogens is 1. The average molecular weight is 236 g/mol. The molecule has 1 fully saturated rings. The molecule has 1 unspecified atom stereocenters. The minimum atomic E-state index is -0.149. The van der Waals surface area contributed by atoms with E-state index in [2.05, 4.69) is 4.98 Å². The van der Waals surface area contributed by atoms with Gasteiger partial charge in [0, 0.05) is 19.0 Å². The van der Waals surface area contributed by atoms with E-state index in [1.54, 1.807) is 18.7 Å². The third-order valence-electron chi connectivity index (χ3n) is 3.10. The fraction of sp³-hybridized carbons (Fsp3) is 0.583. The Morgan fingerprint density at radius 1 is 1.59 bits per heavy atom. The zero-order chi connectivity index (χ0) is 12.4. The Hall–Kier alpha value is -1.65. The van der Waals surface area contributed by atoms with Crippen LogP contribution >= 0.6 is 0 Å². The predicted molar refractivity (Wildman–Crippen MR) is 60.6 cm³/mol. The molecule has 0 spiro atoms. The number of carbonyl (C=O) groups is 2. The third-order valence-corrected chi connectivity index (χ3v) is 3.10. The molecule has 0 saturated carbocycles. The zero-order valence-corrected chi connectivity index (χ0v) is 10.1. The molecule has 5 nitrogen and oxygen atoms in total. The van der Waals surface area contributed by atoms with Gasteiger partial charge in [0.25, 0.3) is 5.91 Å². The molecule has 17 heavy (non-hydrogen) atoms. The highest BCUT2D eigenvalue weighted by Gasteiger charge is 2.32. The molecule has 92 valence electrons. The van der Waals surface area contributed by atoms with E-state index in [-0.39, 0.29) is 17.7 Å². The Morgan fingerprint density at radius 2 is 2.35 bits per heavy atom. The van der Waals surface area contributed by atoms with Gasteiger partial charge in [0.05, 0.1) is 5.69 Å². The number of rotatable bonds is 3. The largest absolute Gasteiger partial charge is 0.438 e. The highest BCUT2D eigenvalue weighted by Crippen LogP contribution is 2.23. The minimum Gasteiger partial charge on any atom is -0.438 e. The molecule has 0 N–H and O–H groups in total. The molecule has 1 atom stereocenters. The summed E-state index contributed by atoms with van der Waals surface area (Å²) >= 11 is 0. The minimum absolute atomic E-state index is 0.0181. The number of likely N-dealkylation sites (tertiary alicyclic amines) is 1. The highest BCUT2D eigenvalue weighted by molar-refractivity contribution is 5.93. The second-order valence-corrected chi connectivity index (χ2v) is 4.47. The second kappa shape index (κ2) is 4.69. The molecule has 2 heterocycles. The molecular weight excluding hydrogens is 220 g/mol. The zero-order valence-electron chi connectivity index (χ0n) is 10.1. The van der Waals surface area contributed by atoms with Crippen molar-refractivity contribution < 1.29 is 14.0 Å². The third kappa shape index (κ3) is 2.38. The quantitative estimate of drug-likeness (QED) is 0.799. The monoisotopic (exact) mass is 236 g/mol. The molecular formula is C12H16N2O3. The first-order valence-electron chi connectivity index (χ1n) is 5.80. The molecule has 5 heteroatoms. The lowest BCUT2D eigenvalue weighted by molar-refractivity contribution is -0.117. The number of amides is 1. The fourth-order valence-electron chi connectivity index (χ4n) is 2.28. The van der Waals surface area contributed by atoms with E-state index < -0.39 is 0 Å². The molecule has 1 saturated heterocycles. The summed E-state index contributed by atoms with van der Waals surface area (Å²) in [6.45, 7) is 3.99. The smallest absolute Gasteiger partial charge is 0.291 e. The molecule has 1 amide bonds. The van der Waals surface area contributed by atoms with Gasteiger partial charge in [0.1, 0.15) is 5.78 Å². The second-order valence-electron chi connectivity index (χ2n) is 4.47. The van der Waals surface area contributed by atoms with Crippen LogP contribution in [-0.2, 0) is 4.79 Å². The van der Waals surface area contributed by atoms with Gasteiger partial charge in [0.2, 0.25) is 5.76 Å². The standard InChI is InChI=1S/C12H16N2O3/c1-8(15)6-10-4-3-5-14(10)12(16)11-9(2)13-7-17-11/h7,10H,3-6H2,1-2H3. The SMILES string of the molecule is CC(=O)CC1CCCN1C(=O)c1ocnc1C. The summed E-state index contributed by atoms with van der Waals surface area (Å²) in [5, 5.41) is 0. The maximum Gasteiger partial charge on any atom is 0.291 e. The number of hydrogen-bond acceptors (Lipinski definition) is 4. The van der Waals surface area contributed by atoms with Crippen molar-refractivity contribution in [2.75, 3.05) is 6.54 Å². The summed E-state index contributed by atoms with van der Waals surface area (Å²) in [4.78, 5) is 29.0. The lowest BCUT2D eigenvalue weighted by atomic mass is 10.1. The Kier molecular flexibility index (Phi) is 3.26. The Balaban J connectivity index is 2.14. The first kappa shape index (κ1) is 11.8. The van der Waals surface area contributed by atoms with Gasteiger partial charge in [-0.15, -0.1) is 0 Å². The van der Waals surface area contributed by atoms with Crippen LogP contribution in [-0.4, -0.2) is 34.2 Å². The molecule has 0 aromatic carbocycles. The van der Waals surface area contributed by atoms with Gasteiger partial charge in [0.15, 0.2) is 6.39 Å². The number of nitrogens with zero attached hydrogens (tertiary/aromatic N) is 2. The molecule has 0 bridgehead atoms. The fourth-order valence-corrected chi connectivity index (χ4v) is 2.28. The number of Topliss-reactive ketones (excluding diaryl/α,β-unsaturated/α-hetero) is 1. The van der Waals surface area contributed by atoms with Crippen LogP contribution < -0.4 is 0 Å². The Morgan fingerprint density at radius 3 is 2.94 bits per heavy atom. The Bertz CT molecular complexity index is 439. The molecule has 1 aliphatic rings. The molecule has 0 radical (unpaired) electrons. The van der Waals surface area contributed by atoms with E-state index in [4.69, 9.17) is 4.42 Å². The van der Waals surface area contributed by atoms with Crippen molar-refractivity contribution in [2.45, 2.75) is 39.2 Å². The van der Waals surface area contributed by atoms with Crippen molar-refractivity contribution in [1.29, 1.82) is 0 Å². The van der Waals surface area contributed by atoms with Gasteiger partial charge < -0.3 is 9.32 Å². The maximum absolute atomic E-state index is 12.2. The molecule has 0 aliphatic carbocycles. The van der Waals surface area contributed by atoms with Crippen LogP contribution in [0.25, 0.3) is 0 Å². The van der Waals surface area contributed by atoms with Crippen LogP contribution in [0, 0.1) is 6.92 Å². The molecule has 2 rings (SSSR count). The number of aryl methyl sites for hydroxylation is 1. The summed E-state index contributed by atoms with van der Waals surface area (Å²) in [5.74, 6) is 0.258. The van der Waals surface area contributed by atoms with E-state index in [1.165, 1.54) is 6.39 Å². The van der Waals surface area contributed by atoms with Gasteiger partial charge in [-0.2, -0.15) is 0 Å². The molecule has 1 aromatic rings. The van der Waals surface area contributed by atoms with E-state index in [0.717, 1.165) is 12.8 Å². The normalized spacial score (nSPS) is 19.6. The van der Waals surface area contributed by atoms with Crippen molar-refractivity contribution in [3.63, 3.8) is 0 Å². The van der Waals surface area contributed by atoms with E-state index in [9.17, 15) is 9.59 Å². The van der Waals surface area contributed by atoms with Gasteiger partial charge in [-0.3, -0.25) is 9.59 Å². The van der Waals surface area contributed by atoms with Crippen molar-refractivity contribution in [3.05, 3.63) is 17.8 Å². The Labute approximate surface area is 99.8 Å². The van der Waals surface area contributed by atoms with Gasteiger partial charge in [-0.1, -0.05) is 0 Å². The first-order chi connectivity index (χ1) is 8.09. The van der Waals surface area contributed by atoms with E-state index >= 15 is 0 Å². The highest BCUT2D eigenvalue weighted by atomic mass is 16.3. The number of carbonyl (C=O) groups excluding carboxylic acids is 2. The summed E-state index contributed by atoms with van der Waals surface area (Å²) in [6.07, 6.45) is 3.53. The van der Waals surface area contributed by atoms with E-state index in [1.807, 2.05) is 0 Å². The van der Waals surface area contributed by atoms with Gasteiger partial charge in [-0.05, 0) is 26.7 Å². The summed E-state index contributed by atoms with van der Waals surface area (Å²) in [6, 6.07) is 0.0181. The van der Waals surface area contributed by atoms with Crippen molar-refractivity contribution in [2.24, 2.45) is 0 Å². The lowest BCUT2D eigenvalue weighted by Gasteiger charge is -2.22. The van der Waals surface area contributed by atoms with Crippen LogP contribution in [0.5, 0.6) is 0 Å². The van der Waals surface area contributed by atoms with Crippen molar-refractivity contribution >= 4 is 11.7 Å². The number of oxazole rings is 1. The molecule has 1 aromatic heterocycles. The lowest BCUT2D eigenvalue weighted by Crippen LogP contribution is -2.36. The summed E-state index contributed by atoms with van der Waals surface area (Å²) in [7, 11) is 0. The van der Waals surface area contributed by atoms with Crippen LogP contribution in [0.3, 0.4) is 0 Å².